The Hall–Kier alpha value is -2.63. The third kappa shape index (κ3) is 2.85. The Balaban J connectivity index is 2.46. The molecular formula is C14H15N3O3. The number of rotatable bonds is 5. The number of ether oxygens (including phenoxy) is 1. The number of nitrogens with one attached hydrogen (secondary N) is 1. The first kappa shape index (κ1) is 13.8. The largest absolute Gasteiger partial charge is 0.494 e. The molecule has 0 fully saturated rings. The van der Waals surface area contributed by atoms with Crippen molar-refractivity contribution in [3.05, 3.63) is 46.5 Å². The number of nitro groups is 1. The summed E-state index contributed by atoms with van der Waals surface area (Å²) in [5.74, 6) is 1.31. The van der Waals surface area contributed by atoms with Gasteiger partial charge in [0.05, 0.1) is 11.5 Å². The predicted molar refractivity (Wildman–Crippen MR) is 77.0 cm³/mol. The van der Waals surface area contributed by atoms with E-state index in [1.54, 1.807) is 37.4 Å². The third-order valence-corrected chi connectivity index (χ3v) is 2.77. The standard InChI is InChI=1S/C14H15N3O3/c1-3-20-11-6-4-10(5-7-11)14-12(17(18)19)8-9-13(15-2)16-14/h4-9H,3H2,1-2H3,(H,15,16). The minimum atomic E-state index is -0.432. The average molecular weight is 273 g/mol. The van der Waals surface area contributed by atoms with Crippen LogP contribution in [0.3, 0.4) is 0 Å². The van der Waals surface area contributed by atoms with Crippen LogP contribution in [0.25, 0.3) is 11.3 Å². The van der Waals surface area contributed by atoms with Gasteiger partial charge in [-0.15, -0.1) is 0 Å². The second-order valence-corrected chi connectivity index (χ2v) is 4.03. The lowest BCUT2D eigenvalue weighted by molar-refractivity contribution is -0.384. The number of nitrogens with zero attached hydrogens (tertiary/aromatic N) is 2. The summed E-state index contributed by atoms with van der Waals surface area (Å²) in [6.07, 6.45) is 0. The van der Waals surface area contributed by atoms with Crippen molar-refractivity contribution in [3.8, 4) is 17.0 Å². The maximum absolute atomic E-state index is 11.1. The summed E-state index contributed by atoms with van der Waals surface area (Å²) in [6, 6.07) is 10.1. The van der Waals surface area contributed by atoms with Crippen molar-refractivity contribution in [2.24, 2.45) is 0 Å². The molecule has 1 heterocycles. The molecule has 20 heavy (non-hydrogen) atoms. The molecule has 0 amide bonds. The van der Waals surface area contributed by atoms with Crippen LogP contribution >= 0.6 is 0 Å². The highest BCUT2D eigenvalue weighted by Crippen LogP contribution is 2.30. The fourth-order valence-corrected chi connectivity index (χ4v) is 1.83. The summed E-state index contributed by atoms with van der Waals surface area (Å²) in [4.78, 5) is 14.9. The van der Waals surface area contributed by atoms with Crippen molar-refractivity contribution in [2.75, 3.05) is 19.0 Å². The summed E-state index contributed by atoms with van der Waals surface area (Å²) in [5.41, 5.74) is 0.996. The van der Waals surface area contributed by atoms with Crippen LogP contribution in [0.2, 0.25) is 0 Å². The van der Waals surface area contributed by atoms with Crippen molar-refractivity contribution in [3.63, 3.8) is 0 Å². The van der Waals surface area contributed by atoms with Crippen LogP contribution < -0.4 is 10.1 Å². The average Bonchev–Trinajstić information content (AvgIpc) is 2.47. The molecule has 0 spiro atoms. The minimum absolute atomic E-state index is 0.0202. The smallest absolute Gasteiger partial charge is 0.295 e. The quantitative estimate of drug-likeness (QED) is 0.669. The number of benzene rings is 1. The van der Waals surface area contributed by atoms with Gasteiger partial charge in [0.15, 0.2) is 5.69 Å². The molecule has 1 aromatic carbocycles. The lowest BCUT2D eigenvalue weighted by Gasteiger charge is -2.07. The molecule has 0 bridgehead atoms. The Bertz CT molecular complexity index is 612. The third-order valence-electron chi connectivity index (χ3n) is 2.77. The van der Waals surface area contributed by atoms with Crippen molar-refractivity contribution in [2.45, 2.75) is 6.92 Å². The van der Waals surface area contributed by atoms with Gasteiger partial charge >= 0.3 is 0 Å². The minimum Gasteiger partial charge on any atom is -0.494 e. The van der Waals surface area contributed by atoms with E-state index in [1.807, 2.05) is 6.92 Å². The fraction of sp³-hybridized carbons (Fsp3) is 0.214. The van der Waals surface area contributed by atoms with Crippen molar-refractivity contribution >= 4 is 11.5 Å². The molecular weight excluding hydrogens is 258 g/mol. The Morgan fingerprint density at radius 1 is 1.25 bits per heavy atom. The molecule has 6 heteroatoms. The van der Waals surface area contributed by atoms with E-state index in [2.05, 4.69) is 10.3 Å². The molecule has 0 aliphatic carbocycles. The van der Waals surface area contributed by atoms with Gasteiger partial charge in [-0.3, -0.25) is 10.1 Å². The van der Waals surface area contributed by atoms with E-state index in [0.29, 0.717) is 23.7 Å². The summed E-state index contributed by atoms with van der Waals surface area (Å²) >= 11 is 0. The van der Waals surface area contributed by atoms with E-state index in [0.717, 1.165) is 5.75 Å². The van der Waals surface area contributed by atoms with Crippen molar-refractivity contribution in [1.29, 1.82) is 0 Å². The molecule has 0 atom stereocenters. The number of anilines is 1. The summed E-state index contributed by atoms with van der Waals surface area (Å²) in [5, 5.41) is 14.0. The van der Waals surface area contributed by atoms with Crippen LogP contribution in [0.15, 0.2) is 36.4 Å². The topological polar surface area (TPSA) is 77.3 Å². The van der Waals surface area contributed by atoms with Crippen LogP contribution in [0.1, 0.15) is 6.92 Å². The van der Waals surface area contributed by atoms with E-state index in [-0.39, 0.29) is 5.69 Å². The first-order valence-corrected chi connectivity index (χ1v) is 6.22. The number of hydrogen-bond donors (Lipinski definition) is 1. The fourth-order valence-electron chi connectivity index (χ4n) is 1.83. The highest BCUT2D eigenvalue weighted by molar-refractivity contribution is 5.71. The van der Waals surface area contributed by atoms with Crippen LogP contribution in [-0.2, 0) is 0 Å². The molecule has 1 N–H and O–H groups in total. The van der Waals surface area contributed by atoms with Gasteiger partial charge in [0.1, 0.15) is 11.6 Å². The van der Waals surface area contributed by atoms with Crippen molar-refractivity contribution < 1.29 is 9.66 Å². The van der Waals surface area contributed by atoms with Gasteiger partial charge in [0, 0.05) is 18.7 Å². The molecule has 0 unspecified atom stereocenters. The molecule has 0 aliphatic rings. The molecule has 0 aliphatic heterocycles. The molecule has 1 aromatic heterocycles. The zero-order valence-electron chi connectivity index (χ0n) is 11.3. The number of hydrogen-bond acceptors (Lipinski definition) is 5. The van der Waals surface area contributed by atoms with Gasteiger partial charge in [0.25, 0.3) is 5.69 Å². The van der Waals surface area contributed by atoms with Gasteiger partial charge in [-0.2, -0.15) is 0 Å². The van der Waals surface area contributed by atoms with Crippen LogP contribution in [0.5, 0.6) is 5.75 Å². The SMILES string of the molecule is CCOc1ccc(-c2nc(NC)ccc2[N+](=O)[O-])cc1. The maximum atomic E-state index is 11.1. The van der Waals surface area contributed by atoms with E-state index < -0.39 is 4.92 Å². The van der Waals surface area contributed by atoms with Crippen LogP contribution in [0.4, 0.5) is 11.5 Å². The van der Waals surface area contributed by atoms with E-state index in [1.165, 1.54) is 6.07 Å². The highest BCUT2D eigenvalue weighted by atomic mass is 16.6. The van der Waals surface area contributed by atoms with E-state index in [4.69, 9.17) is 4.74 Å². The summed E-state index contributed by atoms with van der Waals surface area (Å²) < 4.78 is 5.35. The second-order valence-electron chi connectivity index (χ2n) is 4.03. The van der Waals surface area contributed by atoms with Crippen LogP contribution in [0, 0.1) is 10.1 Å². The Morgan fingerprint density at radius 3 is 2.50 bits per heavy atom. The lowest BCUT2D eigenvalue weighted by Crippen LogP contribution is -1.99. The predicted octanol–water partition coefficient (Wildman–Crippen LogP) is 3.10. The van der Waals surface area contributed by atoms with Gasteiger partial charge in [-0.1, -0.05) is 0 Å². The van der Waals surface area contributed by atoms with Gasteiger partial charge < -0.3 is 10.1 Å². The monoisotopic (exact) mass is 273 g/mol. The molecule has 0 saturated carbocycles. The Morgan fingerprint density at radius 2 is 1.95 bits per heavy atom. The first-order chi connectivity index (χ1) is 9.65. The zero-order valence-corrected chi connectivity index (χ0v) is 11.3. The lowest BCUT2D eigenvalue weighted by atomic mass is 10.1. The van der Waals surface area contributed by atoms with E-state index in [9.17, 15) is 10.1 Å². The Labute approximate surface area is 116 Å². The molecule has 2 aromatic rings. The number of aromatic nitrogens is 1. The van der Waals surface area contributed by atoms with E-state index >= 15 is 0 Å². The van der Waals surface area contributed by atoms with Gasteiger partial charge in [-0.05, 0) is 37.3 Å². The molecule has 0 radical (unpaired) electrons. The molecule has 2 rings (SSSR count). The van der Waals surface area contributed by atoms with Crippen molar-refractivity contribution in [1.82, 2.24) is 4.98 Å². The molecule has 104 valence electrons. The number of pyridine rings is 1. The second kappa shape index (κ2) is 6.01. The normalized spacial score (nSPS) is 10.1. The Kier molecular flexibility index (Phi) is 4.14. The highest BCUT2D eigenvalue weighted by Gasteiger charge is 2.17. The van der Waals surface area contributed by atoms with Gasteiger partial charge in [-0.25, -0.2) is 4.98 Å². The van der Waals surface area contributed by atoms with Gasteiger partial charge in [0.2, 0.25) is 0 Å². The molecule has 6 nitrogen and oxygen atoms in total. The summed E-state index contributed by atoms with van der Waals surface area (Å²) in [6.45, 7) is 2.48. The maximum Gasteiger partial charge on any atom is 0.295 e. The molecule has 0 saturated heterocycles. The zero-order chi connectivity index (χ0) is 14.5. The van der Waals surface area contributed by atoms with Crippen LogP contribution in [-0.4, -0.2) is 23.6 Å². The first-order valence-electron chi connectivity index (χ1n) is 6.22. The summed E-state index contributed by atoms with van der Waals surface area (Å²) in [7, 11) is 1.72.